The third-order valence-corrected chi connectivity index (χ3v) is 10.2. The van der Waals surface area contributed by atoms with Crippen LogP contribution in [0.25, 0.3) is 109 Å². The Morgan fingerprint density at radius 2 is 0.729 bits per heavy atom. The van der Waals surface area contributed by atoms with E-state index in [9.17, 15) is 0 Å². The number of benzene rings is 9. The largest absolute Gasteiger partial charge is 0.456 e. The van der Waals surface area contributed by atoms with Gasteiger partial charge in [-0.3, -0.25) is 0 Å². The monoisotopic (exact) mass is 610 g/mol. The molecule has 0 amide bonds. The van der Waals surface area contributed by atoms with E-state index in [2.05, 4.69) is 158 Å². The van der Waals surface area contributed by atoms with Crippen molar-refractivity contribution in [1.29, 1.82) is 0 Å². The molecule has 0 aliphatic carbocycles. The topological polar surface area (TPSA) is 26.3 Å². The van der Waals surface area contributed by atoms with E-state index in [1.54, 1.807) is 0 Å². The molecule has 0 saturated heterocycles. The van der Waals surface area contributed by atoms with Crippen LogP contribution in [0, 0.1) is 0 Å². The molecule has 48 heavy (non-hydrogen) atoms. The van der Waals surface area contributed by atoms with Crippen molar-refractivity contribution in [2.24, 2.45) is 0 Å². The fourth-order valence-electron chi connectivity index (χ4n) is 8.07. The first-order valence-electron chi connectivity index (χ1n) is 16.4. The molecule has 0 bridgehead atoms. The predicted molar refractivity (Wildman–Crippen MR) is 202 cm³/mol. The van der Waals surface area contributed by atoms with Crippen LogP contribution in [0.3, 0.4) is 0 Å². The van der Waals surface area contributed by atoms with Gasteiger partial charge in [0.25, 0.3) is 0 Å². The fourth-order valence-corrected chi connectivity index (χ4v) is 8.07. The molecule has 2 nitrogen and oxygen atoms in total. The van der Waals surface area contributed by atoms with Crippen LogP contribution >= 0.6 is 0 Å². The van der Waals surface area contributed by atoms with E-state index in [0.717, 1.165) is 38.5 Å². The van der Waals surface area contributed by atoms with Gasteiger partial charge >= 0.3 is 0 Å². The summed E-state index contributed by atoms with van der Waals surface area (Å²) in [4.78, 5) is 0. The van der Waals surface area contributed by atoms with Crippen molar-refractivity contribution in [1.82, 2.24) is 0 Å². The molecular weight excluding hydrogens is 585 g/mol. The van der Waals surface area contributed by atoms with Crippen molar-refractivity contribution in [3.8, 4) is 22.3 Å². The van der Waals surface area contributed by atoms with Gasteiger partial charge in [-0.15, -0.1) is 0 Å². The van der Waals surface area contributed by atoms with E-state index in [0.29, 0.717) is 0 Å². The molecule has 0 atom stereocenters. The van der Waals surface area contributed by atoms with Crippen molar-refractivity contribution in [3.63, 3.8) is 0 Å². The number of hydrogen-bond acceptors (Lipinski definition) is 2. The van der Waals surface area contributed by atoms with Crippen LogP contribution < -0.4 is 0 Å². The van der Waals surface area contributed by atoms with Crippen molar-refractivity contribution >= 4 is 87.0 Å². The summed E-state index contributed by atoms with van der Waals surface area (Å²) in [6.45, 7) is 0. The third kappa shape index (κ3) is 3.57. The molecule has 0 spiro atoms. The van der Waals surface area contributed by atoms with Gasteiger partial charge in [-0.2, -0.15) is 0 Å². The highest BCUT2D eigenvalue weighted by molar-refractivity contribution is 6.24. The Hall–Kier alpha value is -6.38. The maximum Gasteiger partial charge on any atom is 0.136 e. The highest BCUT2D eigenvalue weighted by Crippen LogP contribution is 2.46. The highest BCUT2D eigenvalue weighted by atomic mass is 16.3. The Bertz CT molecular complexity index is 3060. The summed E-state index contributed by atoms with van der Waals surface area (Å²) in [6.07, 6.45) is 0. The van der Waals surface area contributed by atoms with E-state index < -0.39 is 0 Å². The van der Waals surface area contributed by atoms with Crippen molar-refractivity contribution in [3.05, 3.63) is 158 Å². The van der Waals surface area contributed by atoms with Crippen LogP contribution in [0.1, 0.15) is 0 Å². The molecule has 0 aliphatic rings. The molecule has 2 heteroatoms. The van der Waals surface area contributed by atoms with Gasteiger partial charge in [-0.25, -0.2) is 0 Å². The number of furan rings is 2. The maximum atomic E-state index is 6.38. The third-order valence-electron chi connectivity index (χ3n) is 10.2. The molecule has 2 heterocycles. The van der Waals surface area contributed by atoms with E-state index >= 15 is 0 Å². The first kappa shape index (κ1) is 25.8. The summed E-state index contributed by atoms with van der Waals surface area (Å²) >= 11 is 0. The SMILES string of the molecule is c1ccc2cc3c(cc2c1)oc1ccc(-c2c4ccccc4c(-c4ccc5oc6ccc7ccccc7c6c5c4)c4ccccc24)cc13. The molecule has 0 N–H and O–H groups in total. The second kappa shape index (κ2) is 9.57. The summed E-state index contributed by atoms with van der Waals surface area (Å²) < 4.78 is 12.8. The van der Waals surface area contributed by atoms with Crippen LogP contribution in [0.15, 0.2) is 167 Å². The van der Waals surface area contributed by atoms with E-state index in [1.807, 2.05) is 0 Å². The van der Waals surface area contributed by atoms with Gasteiger partial charge in [-0.1, -0.05) is 115 Å². The Kier molecular flexibility index (Phi) is 5.14. The number of fused-ring (bicyclic) bond motifs is 11. The molecule has 0 saturated carbocycles. The minimum absolute atomic E-state index is 0.905. The van der Waals surface area contributed by atoms with E-state index in [1.165, 1.54) is 70.7 Å². The van der Waals surface area contributed by atoms with Gasteiger partial charge < -0.3 is 8.83 Å². The van der Waals surface area contributed by atoms with Gasteiger partial charge in [0.15, 0.2) is 0 Å². The standard InChI is InChI=1S/C46H26O2/c1-2-11-29-26-43-38(23-28(29)10-1)37-24-30(18-20-40(37)48-43)44-33-13-5-7-15-35(33)45(36-16-8-6-14-34(36)44)31-19-21-41-39(25-31)46-32-12-4-3-9-27(32)17-22-42(46)47-41/h1-26H. The molecule has 2 aromatic heterocycles. The molecule has 222 valence electrons. The zero-order valence-electron chi connectivity index (χ0n) is 25.8. The summed E-state index contributed by atoms with van der Waals surface area (Å²) in [7, 11) is 0. The Morgan fingerprint density at radius 1 is 0.271 bits per heavy atom. The predicted octanol–water partition coefficient (Wildman–Crippen LogP) is 13.4. The summed E-state index contributed by atoms with van der Waals surface area (Å²) in [6, 6.07) is 56.8. The molecule has 0 fully saturated rings. The van der Waals surface area contributed by atoms with Crippen LogP contribution in [-0.4, -0.2) is 0 Å². The molecule has 11 rings (SSSR count). The summed E-state index contributed by atoms with van der Waals surface area (Å²) in [5.41, 5.74) is 8.49. The summed E-state index contributed by atoms with van der Waals surface area (Å²) in [5, 5.41) is 14.3. The van der Waals surface area contributed by atoms with Gasteiger partial charge in [0.2, 0.25) is 0 Å². The lowest BCUT2D eigenvalue weighted by molar-refractivity contribution is 0.669. The summed E-state index contributed by atoms with van der Waals surface area (Å²) in [5.74, 6) is 0. The van der Waals surface area contributed by atoms with Crippen molar-refractivity contribution < 1.29 is 8.83 Å². The Labute approximate surface area is 275 Å². The highest BCUT2D eigenvalue weighted by Gasteiger charge is 2.19. The minimum atomic E-state index is 0.905. The molecule has 9 aromatic carbocycles. The zero-order valence-corrected chi connectivity index (χ0v) is 25.8. The Morgan fingerprint density at radius 3 is 1.38 bits per heavy atom. The fraction of sp³-hybridized carbons (Fsp3) is 0. The van der Waals surface area contributed by atoms with Crippen molar-refractivity contribution in [2.75, 3.05) is 0 Å². The molecule has 0 aliphatic heterocycles. The molecule has 0 radical (unpaired) electrons. The zero-order chi connectivity index (χ0) is 31.3. The molecule has 11 aromatic rings. The van der Waals surface area contributed by atoms with Crippen LogP contribution in [-0.2, 0) is 0 Å². The van der Waals surface area contributed by atoms with Crippen LogP contribution in [0.4, 0.5) is 0 Å². The lowest BCUT2D eigenvalue weighted by atomic mass is 9.85. The van der Waals surface area contributed by atoms with E-state index in [4.69, 9.17) is 8.83 Å². The second-order valence-corrected chi connectivity index (χ2v) is 12.8. The normalized spacial score (nSPS) is 12.2. The average molecular weight is 611 g/mol. The lowest BCUT2D eigenvalue weighted by Crippen LogP contribution is -1.90. The van der Waals surface area contributed by atoms with Crippen molar-refractivity contribution in [2.45, 2.75) is 0 Å². The molecule has 0 unspecified atom stereocenters. The second-order valence-electron chi connectivity index (χ2n) is 12.8. The maximum absolute atomic E-state index is 6.38. The number of rotatable bonds is 2. The van der Waals surface area contributed by atoms with Crippen LogP contribution in [0.2, 0.25) is 0 Å². The first-order chi connectivity index (χ1) is 23.8. The van der Waals surface area contributed by atoms with Crippen LogP contribution in [0.5, 0.6) is 0 Å². The average Bonchev–Trinajstić information content (AvgIpc) is 3.70. The smallest absolute Gasteiger partial charge is 0.136 e. The van der Waals surface area contributed by atoms with E-state index in [-0.39, 0.29) is 0 Å². The van der Waals surface area contributed by atoms with Gasteiger partial charge in [-0.05, 0) is 108 Å². The molecular formula is C46H26O2. The van der Waals surface area contributed by atoms with Gasteiger partial charge in [0, 0.05) is 21.5 Å². The minimum Gasteiger partial charge on any atom is -0.456 e. The number of hydrogen-bond donors (Lipinski definition) is 0. The Balaban J connectivity index is 1.20. The lowest BCUT2D eigenvalue weighted by Gasteiger charge is -2.18. The first-order valence-corrected chi connectivity index (χ1v) is 16.4. The van der Waals surface area contributed by atoms with Gasteiger partial charge in [0.05, 0.1) is 0 Å². The van der Waals surface area contributed by atoms with Gasteiger partial charge in [0.1, 0.15) is 22.3 Å². The quantitative estimate of drug-likeness (QED) is 0.182.